The summed E-state index contributed by atoms with van der Waals surface area (Å²) in [5.41, 5.74) is 2.93. The number of ether oxygens (including phenoxy) is 1. The average molecular weight is 528 g/mol. The first kappa shape index (κ1) is 25.5. The standard InChI is InChI=1S/C27H25F4N5O2/c1-16-12-17(6-7-20(16)25(37)34-26(2)8-9-26)22-15-33-24-21(32-11-10-27(29,30)31)14-23(35-36(22)24)38-19-5-3-4-18(28)13-19/h3-7,12-15,32H,8-11H2,1-2H3,(H,34,37). The summed E-state index contributed by atoms with van der Waals surface area (Å²) in [4.78, 5) is 17.1. The first-order valence-corrected chi connectivity index (χ1v) is 12.1. The fourth-order valence-corrected chi connectivity index (χ4v) is 4.04. The Bertz CT molecular complexity index is 1510. The van der Waals surface area contributed by atoms with Gasteiger partial charge in [-0.25, -0.2) is 13.9 Å². The smallest absolute Gasteiger partial charge is 0.390 e. The molecule has 198 valence electrons. The summed E-state index contributed by atoms with van der Waals surface area (Å²) < 4.78 is 59.1. The molecule has 11 heteroatoms. The van der Waals surface area contributed by atoms with E-state index in [1.165, 1.54) is 34.8 Å². The third kappa shape index (κ3) is 5.71. The minimum absolute atomic E-state index is 0.0299. The molecule has 1 amide bonds. The summed E-state index contributed by atoms with van der Waals surface area (Å²) in [5.74, 6) is -0.449. The molecule has 0 atom stereocenters. The van der Waals surface area contributed by atoms with Crippen LogP contribution in [-0.4, -0.2) is 38.8 Å². The van der Waals surface area contributed by atoms with Crippen molar-refractivity contribution in [1.29, 1.82) is 0 Å². The zero-order valence-corrected chi connectivity index (χ0v) is 20.7. The van der Waals surface area contributed by atoms with Gasteiger partial charge in [0, 0.05) is 35.3 Å². The number of halogens is 4. The molecule has 2 aromatic heterocycles. The van der Waals surface area contributed by atoms with Gasteiger partial charge < -0.3 is 15.4 Å². The van der Waals surface area contributed by atoms with Crippen molar-refractivity contribution in [3.05, 3.63) is 71.7 Å². The number of amides is 1. The highest BCUT2D eigenvalue weighted by Gasteiger charge is 2.39. The highest BCUT2D eigenvalue weighted by Crippen LogP contribution is 2.35. The Labute approximate surface area is 215 Å². The van der Waals surface area contributed by atoms with Gasteiger partial charge in [-0.1, -0.05) is 12.1 Å². The van der Waals surface area contributed by atoms with Gasteiger partial charge >= 0.3 is 6.18 Å². The van der Waals surface area contributed by atoms with E-state index < -0.39 is 18.4 Å². The number of aromatic nitrogens is 3. The molecule has 1 fully saturated rings. The van der Waals surface area contributed by atoms with Crippen LogP contribution in [0.15, 0.2) is 54.7 Å². The molecular weight excluding hydrogens is 502 g/mol. The number of nitrogens with one attached hydrogen (secondary N) is 2. The number of anilines is 1. The highest BCUT2D eigenvalue weighted by molar-refractivity contribution is 5.97. The van der Waals surface area contributed by atoms with Gasteiger partial charge in [-0.15, -0.1) is 5.10 Å². The zero-order valence-electron chi connectivity index (χ0n) is 20.7. The number of rotatable bonds is 8. The minimum Gasteiger partial charge on any atom is -0.437 e. The van der Waals surface area contributed by atoms with Crippen molar-refractivity contribution in [3.63, 3.8) is 0 Å². The fraction of sp³-hybridized carbons (Fsp3) is 0.296. The molecule has 0 radical (unpaired) electrons. The van der Waals surface area contributed by atoms with Crippen molar-refractivity contribution in [2.45, 2.75) is 44.8 Å². The Morgan fingerprint density at radius 3 is 2.63 bits per heavy atom. The van der Waals surface area contributed by atoms with Crippen molar-refractivity contribution in [2.75, 3.05) is 11.9 Å². The van der Waals surface area contributed by atoms with Gasteiger partial charge in [0.1, 0.15) is 11.6 Å². The molecular formula is C27H25F4N5O2. The van der Waals surface area contributed by atoms with Crippen molar-refractivity contribution >= 4 is 17.2 Å². The molecule has 38 heavy (non-hydrogen) atoms. The molecule has 7 nitrogen and oxygen atoms in total. The number of alkyl halides is 3. The quantitative estimate of drug-likeness (QED) is 0.264. The Balaban J connectivity index is 1.50. The molecule has 0 unspecified atom stereocenters. The van der Waals surface area contributed by atoms with E-state index in [1.807, 2.05) is 19.9 Å². The predicted octanol–water partition coefficient (Wildman–Crippen LogP) is 6.28. The third-order valence-corrected chi connectivity index (χ3v) is 6.37. The van der Waals surface area contributed by atoms with Crippen LogP contribution in [0.25, 0.3) is 16.9 Å². The largest absolute Gasteiger partial charge is 0.437 e. The van der Waals surface area contributed by atoms with Crippen LogP contribution >= 0.6 is 0 Å². The SMILES string of the molecule is Cc1cc(-c2cnc3c(NCCC(F)(F)F)cc(Oc4cccc(F)c4)nn23)ccc1C(=O)NC1(C)CC1. The molecule has 0 saturated heterocycles. The molecule has 1 saturated carbocycles. The Morgan fingerprint density at radius 2 is 1.95 bits per heavy atom. The monoisotopic (exact) mass is 527 g/mol. The Morgan fingerprint density at radius 1 is 1.16 bits per heavy atom. The van der Waals surface area contributed by atoms with Crippen LogP contribution in [-0.2, 0) is 0 Å². The molecule has 1 aliphatic carbocycles. The van der Waals surface area contributed by atoms with Crippen molar-refractivity contribution in [2.24, 2.45) is 0 Å². The normalized spacial score (nSPS) is 14.4. The maximum absolute atomic E-state index is 13.7. The summed E-state index contributed by atoms with van der Waals surface area (Å²) in [7, 11) is 0. The van der Waals surface area contributed by atoms with Crippen molar-refractivity contribution in [3.8, 4) is 22.9 Å². The number of fused-ring (bicyclic) bond motifs is 1. The van der Waals surface area contributed by atoms with Gasteiger partial charge in [-0.2, -0.15) is 13.2 Å². The highest BCUT2D eigenvalue weighted by atomic mass is 19.4. The first-order valence-electron chi connectivity index (χ1n) is 12.1. The lowest BCUT2D eigenvalue weighted by Gasteiger charge is -2.14. The summed E-state index contributed by atoms with van der Waals surface area (Å²) >= 11 is 0. The number of carbonyl (C=O) groups excluding carboxylic acids is 1. The van der Waals surface area contributed by atoms with Crippen LogP contribution in [0, 0.1) is 12.7 Å². The topological polar surface area (TPSA) is 80.6 Å². The molecule has 0 spiro atoms. The Kier molecular flexibility index (Phi) is 6.46. The van der Waals surface area contributed by atoms with Crippen LogP contribution in [0.3, 0.4) is 0 Å². The molecule has 0 aliphatic heterocycles. The van der Waals surface area contributed by atoms with E-state index in [4.69, 9.17) is 4.74 Å². The van der Waals surface area contributed by atoms with Gasteiger partial charge in [0.25, 0.3) is 5.91 Å². The van der Waals surface area contributed by atoms with E-state index in [1.54, 1.807) is 18.3 Å². The van der Waals surface area contributed by atoms with E-state index in [-0.39, 0.29) is 41.0 Å². The molecule has 2 heterocycles. The van der Waals surface area contributed by atoms with Crippen LogP contribution in [0.1, 0.15) is 42.1 Å². The van der Waals surface area contributed by atoms with E-state index in [0.29, 0.717) is 16.8 Å². The van der Waals surface area contributed by atoms with Crippen LogP contribution in [0.2, 0.25) is 0 Å². The third-order valence-electron chi connectivity index (χ3n) is 6.37. The summed E-state index contributed by atoms with van der Waals surface area (Å²) in [6.07, 6.45) is -1.94. The van der Waals surface area contributed by atoms with Crippen LogP contribution < -0.4 is 15.4 Å². The summed E-state index contributed by atoms with van der Waals surface area (Å²) in [6, 6.07) is 12.2. The molecule has 2 aromatic carbocycles. The predicted molar refractivity (Wildman–Crippen MR) is 134 cm³/mol. The number of benzene rings is 2. The van der Waals surface area contributed by atoms with Crippen molar-refractivity contribution in [1.82, 2.24) is 19.9 Å². The molecule has 2 N–H and O–H groups in total. The maximum atomic E-state index is 13.7. The van der Waals surface area contributed by atoms with E-state index >= 15 is 0 Å². The van der Waals surface area contributed by atoms with Crippen LogP contribution in [0.4, 0.5) is 23.2 Å². The fourth-order valence-electron chi connectivity index (χ4n) is 4.04. The number of hydrogen-bond acceptors (Lipinski definition) is 5. The lowest BCUT2D eigenvalue weighted by atomic mass is 10.0. The molecule has 4 aromatic rings. The number of hydrogen-bond donors (Lipinski definition) is 2. The lowest BCUT2D eigenvalue weighted by molar-refractivity contribution is -0.131. The van der Waals surface area contributed by atoms with Gasteiger partial charge in [-0.05, 0) is 56.5 Å². The average Bonchev–Trinajstić information content (AvgIpc) is 3.39. The first-order chi connectivity index (χ1) is 18.0. The minimum atomic E-state index is -4.33. The number of imidazole rings is 1. The molecule has 0 bridgehead atoms. The van der Waals surface area contributed by atoms with E-state index in [0.717, 1.165) is 18.4 Å². The summed E-state index contributed by atoms with van der Waals surface area (Å²) in [5, 5.41) is 10.3. The number of aryl methyl sites for hydroxylation is 1. The lowest BCUT2D eigenvalue weighted by Crippen LogP contribution is -2.34. The van der Waals surface area contributed by atoms with Gasteiger partial charge in [0.15, 0.2) is 5.65 Å². The number of nitrogens with zero attached hydrogens (tertiary/aromatic N) is 3. The second-order valence-corrected chi connectivity index (χ2v) is 9.67. The summed E-state index contributed by atoms with van der Waals surface area (Å²) in [6.45, 7) is 3.45. The molecule has 5 rings (SSSR count). The maximum Gasteiger partial charge on any atom is 0.390 e. The second kappa shape index (κ2) is 9.62. The van der Waals surface area contributed by atoms with E-state index in [9.17, 15) is 22.4 Å². The van der Waals surface area contributed by atoms with E-state index in [2.05, 4.69) is 20.7 Å². The Hall–Kier alpha value is -4.15. The van der Waals surface area contributed by atoms with Crippen molar-refractivity contribution < 1.29 is 27.1 Å². The van der Waals surface area contributed by atoms with Gasteiger partial charge in [0.05, 0.1) is 24.0 Å². The zero-order chi connectivity index (χ0) is 27.1. The van der Waals surface area contributed by atoms with Gasteiger partial charge in [0.2, 0.25) is 5.88 Å². The molecule has 1 aliphatic rings. The second-order valence-electron chi connectivity index (χ2n) is 9.67. The van der Waals surface area contributed by atoms with Gasteiger partial charge in [-0.3, -0.25) is 4.79 Å². The number of carbonyl (C=O) groups is 1. The van der Waals surface area contributed by atoms with Crippen LogP contribution in [0.5, 0.6) is 11.6 Å².